The zero-order valence-corrected chi connectivity index (χ0v) is 11.4. The monoisotopic (exact) mass is 291 g/mol. The van der Waals surface area contributed by atoms with E-state index in [1.165, 1.54) is 0 Å². The van der Waals surface area contributed by atoms with Crippen LogP contribution >= 0.6 is 11.6 Å². The van der Waals surface area contributed by atoms with Gasteiger partial charge in [0.15, 0.2) is 6.04 Å². The highest BCUT2D eigenvalue weighted by atomic mass is 35.5. The summed E-state index contributed by atoms with van der Waals surface area (Å²) in [6, 6.07) is 6.61. The first-order chi connectivity index (χ1) is 9.66. The fourth-order valence-corrected chi connectivity index (χ4v) is 2.38. The van der Waals surface area contributed by atoms with Crippen molar-refractivity contribution in [1.82, 2.24) is 9.55 Å². The first kappa shape index (κ1) is 13.0. The van der Waals surface area contributed by atoms with Crippen LogP contribution in [0, 0.1) is 0 Å². The Balaban J connectivity index is 1.91. The molecule has 0 spiro atoms. The maximum absolute atomic E-state index is 11.6. The van der Waals surface area contributed by atoms with Crippen LogP contribution < -0.4 is 5.32 Å². The Bertz CT molecular complexity index is 637. The molecule has 0 aliphatic heterocycles. The molecule has 6 heteroatoms. The van der Waals surface area contributed by atoms with Crippen molar-refractivity contribution < 1.29 is 9.90 Å². The smallest absolute Gasteiger partial charge is 0.332 e. The Morgan fingerprint density at radius 2 is 2.20 bits per heavy atom. The molecule has 1 aromatic heterocycles. The molecule has 0 radical (unpaired) electrons. The predicted octanol–water partition coefficient (Wildman–Crippen LogP) is 3.11. The molecule has 0 bridgehead atoms. The quantitative estimate of drug-likeness (QED) is 0.888. The third-order valence-electron chi connectivity index (χ3n) is 3.35. The number of carboxylic acid groups (broad SMARTS) is 1. The van der Waals surface area contributed by atoms with E-state index in [1.54, 1.807) is 30.7 Å². The molecule has 3 rings (SSSR count). The molecule has 5 nitrogen and oxygen atoms in total. The van der Waals surface area contributed by atoms with Gasteiger partial charge < -0.3 is 15.0 Å². The Kier molecular flexibility index (Phi) is 3.36. The number of hydrogen-bond donors (Lipinski definition) is 2. The van der Waals surface area contributed by atoms with Gasteiger partial charge in [0.25, 0.3) is 0 Å². The van der Waals surface area contributed by atoms with Crippen molar-refractivity contribution in [3.8, 4) is 0 Å². The van der Waals surface area contributed by atoms with Crippen LogP contribution in [0.4, 0.5) is 5.69 Å². The average Bonchev–Trinajstić information content (AvgIpc) is 3.16. The minimum atomic E-state index is -0.952. The standard InChI is InChI=1S/C14H14ClN3O2/c15-10-3-1-2-4-11(10)17-13(14(19)20)12-7-16-8-18(12)9-5-6-9/h1-4,7-9,13,17H,5-6H2,(H,19,20). The van der Waals surface area contributed by atoms with Crippen molar-refractivity contribution in [2.24, 2.45) is 0 Å². The van der Waals surface area contributed by atoms with Gasteiger partial charge in [0.2, 0.25) is 0 Å². The average molecular weight is 292 g/mol. The number of para-hydroxylation sites is 1. The van der Waals surface area contributed by atoms with Crippen LogP contribution in [0.5, 0.6) is 0 Å². The third-order valence-corrected chi connectivity index (χ3v) is 3.68. The maximum atomic E-state index is 11.6. The van der Waals surface area contributed by atoms with E-state index in [1.807, 2.05) is 10.6 Å². The number of anilines is 1. The lowest BCUT2D eigenvalue weighted by Crippen LogP contribution is -2.23. The zero-order chi connectivity index (χ0) is 14.1. The Hall–Kier alpha value is -2.01. The van der Waals surface area contributed by atoms with Crippen molar-refractivity contribution in [3.63, 3.8) is 0 Å². The van der Waals surface area contributed by atoms with E-state index in [-0.39, 0.29) is 0 Å². The summed E-state index contributed by atoms with van der Waals surface area (Å²) in [6.45, 7) is 0. The van der Waals surface area contributed by atoms with E-state index < -0.39 is 12.0 Å². The molecule has 20 heavy (non-hydrogen) atoms. The minimum Gasteiger partial charge on any atom is -0.479 e. The first-order valence-corrected chi connectivity index (χ1v) is 6.80. The van der Waals surface area contributed by atoms with Crippen LogP contribution in [-0.2, 0) is 4.79 Å². The normalized spacial score (nSPS) is 15.8. The molecule has 1 aliphatic carbocycles. The fraction of sp³-hybridized carbons (Fsp3) is 0.286. The molecule has 1 atom stereocenters. The van der Waals surface area contributed by atoms with E-state index >= 15 is 0 Å². The predicted molar refractivity (Wildman–Crippen MR) is 75.9 cm³/mol. The van der Waals surface area contributed by atoms with Crippen molar-refractivity contribution in [3.05, 3.63) is 47.5 Å². The molecule has 1 saturated carbocycles. The van der Waals surface area contributed by atoms with Gasteiger partial charge >= 0.3 is 5.97 Å². The molecular weight excluding hydrogens is 278 g/mol. The Labute approximate surface area is 121 Å². The molecular formula is C14H14ClN3O2. The van der Waals surface area contributed by atoms with Crippen molar-refractivity contribution >= 4 is 23.3 Å². The number of rotatable bonds is 5. The molecule has 0 amide bonds. The molecule has 1 unspecified atom stereocenters. The lowest BCUT2D eigenvalue weighted by molar-refractivity contribution is -0.138. The van der Waals surface area contributed by atoms with Gasteiger partial charge in [-0.25, -0.2) is 9.78 Å². The summed E-state index contributed by atoms with van der Waals surface area (Å²) in [5.74, 6) is -0.952. The lowest BCUT2D eigenvalue weighted by Gasteiger charge is -2.18. The van der Waals surface area contributed by atoms with Gasteiger partial charge in [0.1, 0.15) is 0 Å². The van der Waals surface area contributed by atoms with Crippen LogP contribution in [0.2, 0.25) is 5.02 Å². The summed E-state index contributed by atoms with van der Waals surface area (Å²) in [7, 11) is 0. The van der Waals surface area contributed by atoms with Crippen molar-refractivity contribution in [2.45, 2.75) is 24.9 Å². The number of aliphatic carboxylic acids is 1. The van der Waals surface area contributed by atoms with Gasteiger partial charge in [-0.3, -0.25) is 0 Å². The van der Waals surface area contributed by atoms with E-state index in [0.29, 0.717) is 22.4 Å². The molecule has 2 aromatic rings. The van der Waals surface area contributed by atoms with Crippen molar-refractivity contribution in [2.75, 3.05) is 5.32 Å². The number of benzene rings is 1. The van der Waals surface area contributed by atoms with Gasteiger partial charge in [-0.15, -0.1) is 0 Å². The molecule has 104 valence electrons. The Morgan fingerprint density at radius 3 is 2.85 bits per heavy atom. The molecule has 1 fully saturated rings. The van der Waals surface area contributed by atoms with Gasteiger partial charge in [0.05, 0.1) is 28.9 Å². The number of hydrogen-bond acceptors (Lipinski definition) is 3. The number of halogens is 1. The number of nitrogens with zero attached hydrogens (tertiary/aromatic N) is 2. The molecule has 0 saturated heterocycles. The number of carbonyl (C=O) groups is 1. The number of aromatic nitrogens is 2. The summed E-state index contributed by atoms with van der Waals surface area (Å²) in [4.78, 5) is 15.6. The highest BCUT2D eigenvalue weighted by Crippen LogP contribution is 2.37. The fourth-order valence-electron chi connectivity index (χ4n) is 2.19. The van der Waals surface area contributed by atoms with Crippen LogP contribution in [0.3, 0.4) is 0 Å². The second-order valence-electron chi connectivity index (χ2n) is 4.85. The molecule has 2 N–H and O–H groups in total. The first-order valence-electron chi connectivity index (χ1n) is 6.42. The summed E-state index contributed by atoms with van der Waals surface area (Å²) < 4.78 is 1.93. The second kappa shape index (κ2) is 5.17. The van der Waals surface area contributed by atoms with Gasteiger partial charge in [-0.05, 0) is 25.0 Å². The van der Waals surface area contributed by atoms with Gasteiger partial charge in [-0.1, -0.05) is 23.7 Å². The SMILES string of the molecule is O=C(O)C(Nc1ccccc1Cl)c1cncn1C1CC1. The molecule has 1 aliphatic rings. The molecule has 1 heterocycles. The van der Waals surface area contributed by atoms with E-state index in [2.05, 4.69) is 10.3 Å². The summed E-state index contributed by atoms with van der Waals surface area (Å²) in [5.41, 5.74) is 1.25. The van der Waals surface area contributed by atoms with Gasteiger partial charge in [0, 0.05) is 6.04 Å². The summed E-state index contributed by atoms with van der Waals surface area (Å²) in [6.07, 6.45) is 5.43. The lowest BCUT2D eigenvalue weighted by atomic mass is 10.2. The van der Waals surface area contributed by atoms with Crippen LogP contribution in [0.1, 0.15) is 30.6 Å². The maximum Gasteiger partial charge on any atom is 0.332 e. The summed E-state index contributed by atoms with van der Waals surface area (Å²) >= 11 is 6.07. The third kappa shape index (κ3) is 2.49. The number of imidazole rings is 1. The highest BCUT2D eigenvalue weighted by Gasteiger charge is 2.31. The summed E-state index contributed by atoms with van der Waals surface area (Å²) in [5, 5.41) is 13.0. The van der Waals surface area contributed by atoms with E-state index in [9.17, 15) is 9.90 Å². The zero-order valence-electron chi connectivity index (χ0n) is 10.7. The van der Waals surface area contributed by atoms with Crippen LogP contribution in [-0.4, -0.2) is 20.6 Å². The Morgan fingerprint density at radius 1 is 1.45 bits per heavy atom. The van der Waals surface area contributed by atoms with E-state index in [4.69, 9.17) is 11.6 Å². The molecule has 1 aromatic carbocycles. The van der Waals surface area contributed by atoms with Gasteiger partial charge in [-0.2, -0.15) is 0 Å². The van der Waals surface area contributed by atoms with Crippen molar-refractivity contribution in [1.29, 1.82) is 0 Å². The van der Waals surface area contributed by atoms with E-state index in [0.717, 1.165) is 12.8 Å². The topological polar surface area (TPSA) is 67.2 Å². The number of carboxylic acids is 1. The minimum absolute atomic E-state index is 0.377. The number of nitrogens with one attached hydrogen (secondary N) is 1. The second-order valence-corrected chi connectivity index (χ2v) is 5.26. The largest absolute Gasteiger partial charge is 0.479 e. The van der Waals surface area contributed by atoms with Crippen LogP contribution in [0.25, 0.3) is 0 Å². The highest BCUT2D eigenvalue weighted by molar-refractivity contribution is 6.33. The van der Waals surface area contributed by atoms with Crippen LogP contribution in [0.15, 0.2) is 36.8 Å².